The summed E-state index contributed by atoms with van der Waals surface area (Å²) in [5.74, 6) is -0.214. The second-order valence-electron chi connectivity index (χ2n) is 6.89. The summed E-state index contributed by atoms with van der Waals surface area (Å²) in [6, 6.07) is -0.000962. The predicted octanol–water partition coefficient (Wildman–Crippen LogP) is 3.00. The lowest BCUT2D eigenvalue weighted by Gasteiger charge is -2.21. The topological polar surface area (TPSA) is 96.0 Å². The van der Waals surface area contributed by atoms with Gasteiger partial charge in [-0.3, -0.25) is 10.1 Å². The summed E-state index contributed by atoms with van der Waals surface area (Å²) >= 11 is 2.73. The maximum Gasteiger partial charge on any atom is 0.321 e. The highest BCUT2D eigenvalue weighted by molar-refractivity contribution is 8.01. The Kier molecular flexibility index (Phi) is 6.85. The fourth-order valence-corrected chi connectivity index (χ4v) is 4.04. The molecule has 24 heavy (non-hydrogen) atoms. The molecule has 3 N–H and O–H groups in total. The Morgan fingerprint density at radius 1 is 1.21 bits per heavy atom. The second kappa shape index (κ2) is 8.66. The molecule has 1 aliphatic rings. The van der Waals surface area contributed by atoms with Crippen molar-refractivity contribution in [1.82, 2.24) is 20.8 Å². The molecule has 1 heterocycles. The van der Waals surface area contributed by atoms with Crippen LogP contribution >= 0.6 is 23.1 Å². The third-order valence-corrected chi connectivity index (χ3v) is 5.40. The number of hydrogen-bond donors (Lipinski definition) is 3. The fourth-order valence-electron chi connectivity index (χ4n) is 2.41. The lowest BCUT2D eigenvalue weighted by atomic mass is 9.96. The van der Waals surface area contributed by atoms with E-state index in [1.165, 1.54) is 55.2 Å². The number of urea groups is 1. The number of aromatic nitrogens is 2. The first-order valence-electron chi connectivity index (χ1n) is 8.17. The van der Waals surface area contributed by atoms with Crippen molar-refractivity contribution in [1.29, 1.82) is 0 Å². The van der Waals surface area contributed by atoms with Gasteiger partial charge < -0.3 is 10.6 Å². The van der Waals surface area contributed by atoms with Crippen molar-refractivity contribution >= 4 is 40.2 Å². The van der Waals surface area contributed by atoms with Crippen molar-refractivity contribution in [2.45, 2.75) is 68.8 Å². The van der Waals surface area contributed by atoms with Crippen molar-refractivity contribution in [2.75, 3.05) is 11.1 Å². The molecular weight excluding hydrogens is 346 g/mol. The summed E-state index contributed by atoms with van der Waals surface area (Å²) in [6.45, 7) is 5.57. The van der Waals surface area contributed by atoms with Gasteiger partial charge in [0.1, 0.15) is 0 Å². The van der Waals surface area contributed by atoms with Gasteiger partial charge in [0.2, 0.25) is 11.0 Å². The Bertz CT molecular complexity index is 564. The van der Waals surface area contributed by atoms with Gasteiger partial charge in [0.15, 0.2) is 4.34 Å². The number of imide groups is 1. The number of thioether (sulfide) groups is 1. The molecule has 1 fully saturated rings. The molecule has 1 aromatic rings. The van der Waals surface area contributed by atoms with E-state index in [9.17, 15) is 9.59 Å². The third-order valence-electron chi connectivity index (χ3n) is 3.41. The predicted molar refractivity (Wildman–Crippen MR) is 97.6 cm³/mol. The first kappa shape index (κ1) is 19.0. The minimum atomic E-state index is -0.481. The van der Waals surface area contributed by atoms with Gasteiger partial charge in [-0.15, -0.1) is 10.2 Å². The van der Waals surface area contributed by atoms with E-state index in [-0.39, 0.29) is 17.2 Å². The Balaban J connectivity index is 1.72. The first-order chi connectivity index (χ1) is 11.3. The van der Waals surface area contributed by atoms with Crippen LogP contribution in [-0.2, 0) is 4.79 Å². The first-order valence-corrected chi connectivity index (χ1v) is 9.97. The maximum absolute atomic E-state index is 11.8. The second-order valence-corrected chi connectivity index (χ2v) is 9.09. The Hall–Kier alpha value is -1.35. The van der Waals surface area contributed by atoms with Crippen LogP contribution in [0.25, 0.3) is 0 Å². The smallest absolute Gasteiger partial charge is 0.321 e. The van der Waals surface area contributed by atoms with Gasteiger partial charge in [0.05, 0.1) is 5.75 Å². The van der Waals surface area contributed by atoms with Crippen LogP contribution in [0.5, 0.6) is 0 Å². The minimum absolute atomic E-state index is 0.135. The van der Waals surface area contributed by atoms with Gasteiger partial charge in [-0.25, -0.2) is 4.79 Å². The number of rotatable bonds is 5. The summed E-state index contributed by atoms with van der Waals surface area (Å²) in [7, 11) is 0. The van der Waals surface area contributed by atoms with Crippen LogP contribution in [-0.4, -0.2) is 39.5 Å². The molecule has 1 aliphatic carbocycles. The average Bonchev–Trinajstić information content (AvgIpc) is 2.91. The van der Waals surface area contributed by atoms with Crippen molar-refractivity contribution in [3.63, 3.8) is 0 Å². The zero-order valence-corrected chi connectivity index (χ0v) is 16.0. The van der Waals surface area contributed by atoms with Crippen molar-refractivity contribution in [3.05, 3.63) is 0 Å². The lowest BCUT2D eigenvalue weighted by molar-refractivity contribution is -0.117. The van der Waals surface area contributed by atoms with Gasteiger partial charge >= 0.3 is 6.03 Å². The number of carbonyl (C=O) groups excluding carboxylic acids is 2. The van der Waals surface area contributed by atoms with Gasteiger partial charge in [-0.05, 0) is 33.6 Å². The molecule has 0 aliphatic heterocycles. The Morgan fingerprint density at radius 2 is 1.92 bits per heavy atom. The van der Waals surface area contributed by atoms with Crippen LogP contribution in [0.1, 0.15) is 52.9 Å². The molecule has 1 aromatic heterocycles. The van der Waals surface area contributed by atoms with Crippen LogP contribution in [0.3, 0.4) is 0 Å². The van der Waals surface area contributed by atoms with Crippen LogP contribution in [0.4, 0.5) is 9.93 Å². The molecule has 0 unspecified atom stereocenters. The number of anilines is 1. The lowest BCUT2D eigenvalue weighted by Crippen LogP contribution is -2.48. The average molecular weight is 372 g/mol. The molecule has 0 spiro atoms. The van der Waals surface area contributed by atoms with Gasteiger partial charge in [0, 0.05) is 11.6 Å². The van der Waals surface area contributed by atoms with E-state index < -0.39 is 6.03 Å². The third kappa shape index (κ3) is 7.04. The highest BCUT2D eigenvalue weighted by atomic mass is 32.2. The summed E-state index contributed by atoms with van der Waals surface area (Å²) in [5.41, 5.74) is -0.379. The Labute approximate surface area is 150 Å². The van der Waals surface area contributed by atoms with E-state index in [1.54, 1.807) is 0 Å². The number of hydrogen-bond acceptors (Lipinski definition) is 7. The minimum Gasteiger partial charge on any atom is -0.357 e. The molecule has 0 radical (unpaired) electrons. The number of nitrogens with one attached hydrogen (secondary N) is 3. The normalized spacial score (nSPS) is 15.8. The number of carbonyl (C=O) groups is 2. The summed E-state index contributed by atoms with van der Waals surface area (Å²) < 4.78 is 0.722. The Morgan fingerprint density at radius 3 is 2.58 bits per heavy atom. The highest BCUT2D eigenvalue weighted by Gasteiger charge is 2.17. The van der Waals surface area contributed by atoms with Crippen molar-refractivity contribution in [3.8, 4) is 0 Å². The molecule has 134 valence electrons. The molecule has 2 rings (SSSR count). The monoisotopic (exact) mass is 371 g/mol. The zero-order chi connectivity index (χ0) is 17.6. The molecule has 9 heteroatoms. The molecule has 3 amide bonds. The summed E-state index contributed by atoms with van der Waals surface area (Å²) in [4.78, 5) is 23.4. The summed E-state index contributed by atoms with van der Waals surface area (Å²) in [6.07, 6.45) is 6.18. The molecule has 7 nitrogen and oxygen atoms in total. The van der Waals surface area contributed by atoms with E-state index in [1.807, 2.05) is 20.8 Å². The van der Waals surface area contributed by atoms with Crippen LogP contribution < -0.4 is 16.0 Å². The number of amides is 3. The quantitative estimate of drug-likeness (QED) is 0.689. The maximum atomic E-state index is 11.8. The molecule has 1 saturated carbocycles. The largest absolute Gasteiger partial charge is 0.357 e. The molecule has 0 saturated heterocycles. The van der Waals surface area contributed by atoms with Crippen LogP contribution in [0.15, 0.2) is 4.34 Å². The van der Waals surface area contributed by atoms with E-state index in [2.05, 4.69) is 26.1 Å². The fraction of sp³-hybridized carbons (Fsp3) is 0.733. The zero-order valence-electron chi connectivity index (χ0n) is 14.3. The van der Waals surface area contributed by atoms with E-state index >= 15 is 0 Å². The molecular formula is C15H25N5O2S2. The van der Waals surface area contributed by atoms with Gasteiger partial charge in [-0.1, -0.05) is 42.4 Å². The summed E-state index contributed by atoms with van der Waals surface area (Å²) in [5, 5.41) is 17.4. The molecule has 0 bridgehead atoms. The molecule has 0 atom stereocenters. The number of nitrogens with zero attached hydrogens (tertiary/aromatic N) is 2. The van der Waals surface area contributed by atoms with Crippen molar-refractivity contribution in [2.24, 2.45) is 0 Å². The van der Waals surface area contributed by atoms with Crippen LogP contribution in [0.2, 0.25) is 0 Å². The highest BCUT2D eigenvalue weighted by Crippen LogP contribution is 2.28. The van der Waals surface area contributed by atoms with Gasteiger partial charge in [0.25, 0.3) is 0 Å². The van der Waals surface area contributed by atoms with Crippen LogP contribution in [0, 0.1) is 0 Å². The van der Waals surface area contributed by atoms with E-state index in [0.29, 0.717) is 6.04 Å². The van der Waals surface area contributed by atoms with Crippen molar-refractivity contribution < 1.29 is 9.59 Å². The standard InChI is InChI=1S/C15H25N5O2S2/c1-15(2,3)18-12(22)17-11(21)9-23-14-20-19-13(24-14)16-10-7-5-4-6-8-10/h10H,4-9H2,1-3H3,(H,16,19)(H2,17,18,21,22). The van der Waals surface area contributed by atoms with Gasteiger partial charge in [-0.2, -0.15) is 0 Å². The molecule has 0 aromatic carbocycles. The van der Waals surface area contributed by atoms with E-state index in [4.69, 9.17) is 0 Å². The van der Waals surface area contributed by atoms with E-state index in [0.717, 1.165) is 9.47 Å². The SMILES string of the molecule is CC(C)(C)NC(=O)NC(=O)CSc1nnc(NC2CCCCC2)s1.